The van der Waals surface area contributed by atoms with E-state index in [-0.39, 0.29) is 11.9 Å². The van der Waals surface area contributed by atoms with Crippen LogP contribution in [0.3, 0.4) is 0 Å². The molecule has 0 aliphatic carbocycles. The van der Waals surface area contributed by atoms with Crippen molar-refractivity contribution in [1.82, 2.24) is 15.6 Å². The Morgan fingerprint density at radius 2 is 2.67 bits per heavy atom. The number of nitrogens with zero attached hydrogens (tertiary/aromatic N) is 1. The molecule has 0 spiro atoms. The van der Waals surface area contributed by atoms with Crippen molar-refractivity contribution in [3.8, 4) is 0 Å². The highest BCUT2D eigenvalue weighted by atomic mass is 32.2. The van der Waals surface area contributed by atoms with Gasteiger partial charge >= 0.3 is 0 Å². The summed E-state index contributed by atoms with van der Waals surface area (Å²) < 4.78 is 0. The number of amides is 1. The van der Waals surface area contributed by atoms with E-state index in [0.717, 1.165) is 22.2 Å². The quantitative estimate of drug-likeness (QED) is 0.822. The molecule has 0 saturated carbocycles. The molecule has 0 bridgehead atoms. The van der Waals surface area contributed by atoms with Crippen LogP contribution in [0, 0.1) is 6.92 Å². The zero-order valence-corrected chi connectivity index (χ0v) is 10.1. The Morgan fingerprint density at radius 3 is 3.27 bits per heavy atom. The lowest BCUT2D eigenvalue weighted by Gasteiger charge is -2.09. The minimum absolute atomic E-state index is 0.0248. The Kier molecular flexibility index (Phi) is 3.61. The number of aryl methyl sites for hydroxylation is 1. The van der Waals surface area contributed by atoms with Gasteiger partial charge in [-0.15, -0.1) is 23.1 Å². The van der Waals surface area contributed by atoms with Gasteiger partial charge in [-0.05, 0) is 6.92 Å². The third kappa shape index (κ3) is 2.70. The highest BCUT2D eigenvalue weighted by molar-refractivity contribution is 7.99. The van der Waals surface area contributed by atoms with Gasteiger partial charge in [0, 0.05) is 16.5 Å². The minimum Gasteiger partial charge on any atom is -0.350 e. The van der Waals surface area contributed by atoms with Crippen molar-refractivity contribution in [2.75, 3.05) is 11.6 Å². The predicted octanol–water partition coefficient (Wildman–Crippen LogP) is 0.730. The van der Waals surface area contributed by atoms with E-state index < -0.39 is 0 Å². The van der Waals surface area contributed by atoms with Gasteiger partial charge in [-0.1, -0.05) is 0 Å². The van der Waals surface area contributed by atoms with E-state index in [1.54, 1.807) is 28.6 Å². The molecule has 1 aliphatic heterocycles. The number of thiazole rings is 1. The lowest BCUT2D eigenvalue weighted by atomic mass is 10.3. The standard InChI is InChI=1S/C9H13N3OS2/c1-6-8(15-5-11-6)2-10-9(13)7-3-14-4-12-7/h5,7,12H,2-4H2,1H3,(H,10,13). The maximum Gasteiger partial charge on any atom is 0.238 e. The molecule has 1 amide bonds. The first kappa shape index (κ1) is 10.9. The molecule has 6 heteroatoms. The summed E-state index contributed by atoms with van der Waals surface area (Å²) in [6.07, 6.45) is 0. The minimum atomic E-state index is -0.0248. The van der Waals surface area contributed by atoms with Crippen molar-refractivity contribution >= 4 is 29.0 Å². The van der Waals surface area contributed by atoms with Gasteiger partial charge in [0.25, 0.3) is 0 Å². The van der Waals surface area contributed by atoms with E-state index >= 15 is 0 Å². The lowest BCUT2D eigenvalue weighted by Crippen LogP contribution is -2.41. The molecule has 2 N–H and O–H groups in total. The van der Waals surface area contributed by atoms with Crippen molar-refractivity contribution in [3.05, 3.63) is 16.1 Å². The largest absolute Gasteiger partial charge is 0.350 e. The number of carbonyl (C=O) groups is 1. The normalized spacial score (nSPS) is 20.5. The molecule has 1 fully saturated rings. The fourth-order valence-corrected chi connectivity index (χ4v) is 3.01. The summed E-state index contributed by atoms with van der Waals surface area (Å²) in [5.74, 6) is 1.83. The van der Waals surface area contributed by atoms with Crippen LogP contribution in [0.15, 0.2) is 5.51 Å². The Balaban J connectivity index is 1.83. The number of rotatable bonds is 3. The molecule has 1 unspecified atom stereocenters. The SMILES string of the molecule is Cc1ncsc1CNC(=O)C1CSCN1. The van der Waals surface area contributed by atoms with Crippen LogP contribution in [0.5, 0.6) is 0 Å². The highest BCUT2D eigenvalue weighted by Crippen LogP contribution is 2.12. The van der Waals surface area contributed by atoms with Gasteiger partial charge in [-0.3, -0.25) is 10.1 Å². The van der Waals surface area contributed by atoms with Crippen LogP contribution in [-0.4, -0.2) is 28.6 Å². The molecule has 15 heavy (non-hydrogen) atoms. The van der Waals surface area contributed by atoms with Gasteiger partial charge in [0.05, 0.1) is 23.8 Å². The van der Waals surface area contributed by atoms with Gasteiger partial charge in [-0.2, -0.15) is 0 Å². The van der Waals surface area contributed by atoms with E-state index in [1.807, 2.05) is 6.92 Å². The number of nitrogens with one attached hydrogen (secondary N) is 2. The van der Waals surface area contributed by atoms with Crippen LogP contribution in [0.4, 0.5) is 0 Å². The lowest BCUT2D eigenvalue weighted by molar-refractivity contribution is -0.122. The Bertz CT molecular complexity index is 347. The summed E-state index contributed by atoms with van der Waals surface area (Å²) in [5.41, 5.74) is 2.81. The summed E-state index contributed by atoms with van der Waals surface area (Å²) in [7, 11) is 0. The first-order valence-electron chi connectivity index (χ1n) is 4.75. The second kappa shape index (κ2) is 4.96. The van der Waals surface area contributed by atoms with Crippen LogP contribution >= 0.6 is 23.1 Å². The van der Waals surface area contributed by atoms with Crippen LogP contribution in [0.25, 0.3) is 0 Å². The van der Waals surface area contributed by atoms with Crippen LogP contribution in [0.1, 0.15) is 10.6 Å². The fraction of sp³-hybridized carbons (Fsp3) is 0.556. The molecular weight excluding hydrogens is 230 g/mol. The Hall–Kier alpha value is -0.590. The van der Waals surface area contributed by atoms with E-state index in [4.69, 9.17) is 0 Å². The van der Waals surface area contributed by atoms with E-state index in [1.165, 1.54) is 0 Å². The molecule has 2 rings (SSSR count). The van der Waals surface area contributed by atoms with Crippen molar-refractivity contribution in [2.24, 2.45) is 0 Å². The summed E-state index contributed by atoms with van der Waals surface area (Å²) in [4.78, 5) is 16.9. The van der Waals surface area contributed by atoms with E-state index in [0.29, 0.717) is 6.54 Å². The van der Waals surface area contributed by atoms with E-state index in [2.05, 4.69) is 15.6 Å². The molecule has 1 aliphatic rings. The van der Waals surface area contributed by atoms with Gasteiger partial charge in [0.1, 0.15) is 0 Å². The maximum atomic E-state index is 11.6. The number of aromatic nitrogens is 1. The summed E-state index contributed by atoms with van der Waals surface area (Å²) in [6, 6.07) is -0.0248. The molecule has 1 saturated heterocycles. The molecule has 1 aromatic heterocycles. The van der Waals surface area contributed by atoms with Gasteiger partial charge in [0.15, 0.2) is 0 Å². The topological polar surface area (TPSA) is 54.0 Å². The molecule has 4 nitrogen and oxygen atoms in total. The van der Waals surface area contributed by atoms with Crippen LogP contribution in [-0.2, 0) is 11.3 Å². The van der Waals surface area contributed by atoms with Crippen molar-refractivity contribution in [3.63, 3.8) is 0 Å². The first-order valence-corrected chi connectivity index (χ1v) is 6.78. The summed E-state index contributed by atoms with van der Waals surface area (Å²) >= 11 is 3.34. The average molecular weight is 243 g/mol. The fourth-order valence-electron chi connectivity index (χ4n) is 1.35. The molecule has 2 heterocycles. The van der Waals surface area contributed by atoms with E-state index in [9.17, 15) is 4.79 Å². The zero-order chi connectivity index (χ0) is 10.7. The monoisotopic (exact) mass is 243 g/mol. The predicted molar refractivity (Wildman–Crippen MR) is 62.9 cm³/mol. The third-order valence-electron chi connectivity index (χ3n) is 2.30. The number of thioether (sulfide) groups is 1. The third-order valence-corrected chi connectivity index (χ3v) is 4.18. The molecule has 1 atom stereocenters. The Labute approximate surface area is 96.9 Å². The molecule has 82 valence electrons. The van der Waals surface area contributed by atoms with Crippen LogP contribution in [0.2, 0.25) is 0 Å². The van der Waals surface area contributed by atoms with Crippen molar-refractivity contribution in [2.45, 2.75) is 19.5 Å². The van der Waals surface area contributed by atoms with Crippen LogP contribution < -0.4 is 10.6 Å². The number of carbonyl (C=O) groups excluding carboxylic acids is 1. The molecule has 0 aromatic carbocycles. The second-order valence-electron chi connectivity index (χ2n) is 3.35. The van der Waals surface area contributed by atoms with Gasteiger partial charge in [0.2, 0.25) is 5.91 Å². The van der Waals surface area contributed by atoms with Gasteiger partial charge in [-0.25, -0.2) is 4.98 Å². The average Bonchev–Trinajstić information content (AvgIpc) is 2.85. The van der Waals surface area contributed by atoms with Crippen molar-refractivity contribution < 1.29 is 4.79 Å². The summed E-state index contributed by atoms with van der Waals surface area (Å²) in [6.45, 7) is 2.56. The van der Waals surface area contributed by atoms with Gasteiger partial charge < -0.3 is 5.32 Å². The molecule has 1 aromatic rings. The highest BCUT2D eigenvalue weighted by Gasteiger charge is 2.22. The number of hydrogen-bond acceptors (Lipinski definition) is 5. The first-order chi connectivity index (χ1) is 7.27. The summed E-state index contributed by atoms with van der Waals surface area (Å²) in [5, 5.41) is 6.06. The zero-order valence-electron chi connectivity index (χ0n) is 8.45. The maximum absolute atomic E-state index is 11.6. The molecular formula is C9H13N3OS2. The van der Waals surface area contributed by atoms with Crippen molar-refractivity contribution in [1.29, 1.82) is 0 Å². The second-order valence-corrected chi connectivity index (χ2v) is 5.32. The number of hydrogen-bond donors (Lipinski definition) is 2. The Morgan fingerprint density at radius 1 is 1.80 bits per heavy atom. The molecule has 0 radical (unpaired) electrons. The smallest absolute Gasteiger partial charge is 0.238 e.